The van der Waals surface area contributed by atoms with Crippen LogP contribution in [0.1, 0.15) is 19.8 Å². The van der Waals surface area contributed by atoms with Crippen LogP contribution in [0.25, 0.3) is 0 Å². The molecule has 3 nitrogen and oxygen atoms in total. The van der Waals surface area contributed by atoms with Crippen molar-refractivity contribution in [1.29, 1.82) is 0 Å². The van der Waals surface area contributed by atoms with Gasteiger partial charge in [-0.3, -0.25) is 4.79 Å². The normalized spacial score (nSPS) is 12.8. The van der Waals surface area contributed by atoms with Gasteiger partial charge in [-0.15, -0.1) is 0 Å². The second kappa shape index (κ2) is 4.28. The van der Waals surface area contributed by atoms with E-state index in [1.165, 1.54) is 0 Å². The number of hydrogen-bond acceptors (Lipinski definition) is 2. The van der Waals surface area contributed by atoms with Crippen LogP contribution >= 0.6 is 0 Å². The van der Waals surface area contributed by atoms with Crippen molar-refractivity contribution >= 4 is 5.91 Å². The number of carbonyl (C=O) groups is 1. The third-order valence-electron chi connectivity index (χ3n) is 1.46. The Labute approximate surface area is 62.2 Å². The molecule has 0 saturated heterocycles. The number of carbonyl (C=O) groups excluding carboxylic acids is 1. The van der Waals surface area contributed by atoms with E-state index in [2.05, 4.69) is 0 Å². The molecule has 60 valence electrons. The van der Waals surface area contributed by atoms with E-state index in [1.807, 2.05) is 6.92 Å². The first-order valence-corrected chi connectivity index (χ1v) is 3.53. The molecule has 0 aromatic carbocycles. The molecule has 0 aliphatic rings. The van der Waals surface area contributed by atoms with Crippen LogP contribution in [-0.4, -0.2) is 30.9 Å². The Morgan fingerprint density at radius 2 is 2.10 bits per heavy atom. The SMILES string of the molecule is CCC(N)CC(=O)N(C)C. The van der Waals surface area contributed by atoms with Crippen molar-refractivity contribution in [2.75, 3.05) is 14.1 Å². The first kappa shape index (κ1) is 9.43. The lowest BCUT2D eigenvalue weighted by Gasteiger charge is -2.13. The zero-order valence-electron chi connectivity index (χ0n) is 6.92. The van der Waals surface area contributed by atoms with Gasteiger partial charge in [-0.25, -0.2) is 0 Å². The minimum absolute atomic E-state index is 0.0231. The summed E-state index contributed by atoms with van der Waals surface area (Å²) in [4.78, 5) is 12.5. The van der Waals surface area contributed by atoms with Gasteiger partial charge in [-0.05, 0) is 6.42 Å². The lowest BCUT2D eigenvalue weighted by Crippen LogP contribution is -2.30. The maximum absolute atomic E-state index is 11.0. The van der Waals surface area contributed by atoms with E-state index in [-0.39, 0.29) is 11.9 Å². The molecule has 1 amide bonds. The third-order valence-corrected chi connectivity index (χ3v) is 1.46. The summed E-state index contributed by atoms with van der Waals surface area (Å²) in [6.45, 7) is 1.98. The largest absolute Gasteiger partial charge is 0.349 e. The molecule has 0 aromatic rings. The van der Waals surface area contributed by atoms with Crippen molar-refractivity contribution < 1.29 is 4.79 Å². The van der Waals surface area contributed by atoms with Gasteiger partial charge in [0.1, 0.15) is 0 Å². The van der Waals surface area contributed by atoms with Crippen molar-refractivity contribution in [3.8, 4) is 0 Å². The van der Waals surface area contributed by atoms with Crippen molar-refractivity contribution in [1.82, 2.24) is 4.90 Å². The highest BCUT2D eigenvalue weighted by molar-refractivity contribution is 5.76. The third kappa shape index (κ3) is 3.45. The summed E-state index contributed by atoms with van der Waals surface area (Å²) in [5.41, 5.74) is 5.56. The standard InChI is InChI=1S/C7H16N2O/c1-4-6(8)5-7(10)9(2)3/h6H,4-5,8H2,1-3H3. The number of hydrogen-bond donors (Lipinski definition) is 1. The lowest BCUT2D eigenvalue weighted by molar-refractivity contribution is -0.129. The number of nitrogens with two attached hydrogens (primary N) is 1. The van der Waals surface area contributed by atoms with E-state index in [9.17, 15) is 4.79 Å². The Hall–Kier alpha value is -0.570. The number of amides is 1. The van der Waals surface area contributed by atoms with E-state index in [0.717, 1.165) is 6.42 Å². The molecular formula is C7H16N2O. The minimum atomic E-state index is 0.0231. The second-order valence-electron chi connectivity index (χ2n) is 2.66. The molecular weight excluding hydrogens is 128 g/mol. The lowest BCUT2D eigenvalue weighted by atomic mass is 10.1. The molecule has 1 unspecified atom stereocenters. The average molecular weight is 144 g/mol. The first-order valence-electron chi connectivity index (χ1n) is 3.53. The Balaban J connectivity index is 3.57. The molecule has 3 heteroatoms. The predicted molar refractivity (Wildman–Crippen MR) is 41.6 cm³/mol. The highest BCUT2D eigenvalue weighted by Gasteiger charge is 2.08. The van der Waals surface area contributed by atoms with Gasteiger partial charge in [0.05, 0.1) is 0 Å². The summed E-state index contributed by atoms with van der Waals surface area (Å²) in [7, 11) is 3.48. The fourth-order valence-electron chi connectivity index (χ4n) is 0.551. The summed E-state index contributed by atoms with van der Waals surface area (Å²) in [5.74, 6) is 0.106. The highest BCUT2D eigenvalue weighted by atomic mass is 16.2. The van der Waals surface area contributed by atoms with E-state index in [4.69, 9.17) is 5.73 Å². The predicted octanol–water partition coefficient (Wildman–Crippen LogP) is 0.202. The maximum Gasteiger partial charge on any atom is 0.223 e. The molecule has 10 heavy (non-hydrogen) atoms. The van der Waals surface area contributed by atoms with Gasteiger partial charge in [0, 0.05) is 26.6 Å². The fraction of sp³-hybridized carbons (Fsp3) is 0.857. The van der Waals surface area contributed by atoms with Crippen LogP contribution in [0.4, 0.5) is 0 Å². The van der Waals surface area contributed by atoms with Gasteiger partial charge in [0.25, 0.3) is 0 Å². The Morgan fingerprint density at radius 1 is 1.60 bits per heavy atom. The van der Waals surface area contributed by atoms with Crippen molar-refractivity contribution in [2.24, 2.45) is 5.73 Å². The van der Waals surface area contributed by atoms with Crippen LogP contribution in [0.3, 0.4) is 0 Å². The summed E-state index contributed by atoms with van der Waals surface area (Å²) < 4.78 is 0. The molecule has 0 heterocycles. The monoisotopic (exact) mass is 144 g/mol. The Bertz CT molecular complexity index is 112. The van der Waals surface area contributed by atoms with Gasteiger partial charge in [0.15, 0.2) is 0 Å². The topological polar surface area (TPSA) is 46.3 Å². The summed E-state index contributed by atoms with van der Waals surface area (Å²) in [6, 6.07) is 0.0231. The molecule has 0 spiro atoms. The van der Waals surface area contributed by atoms with E-state index < -0.39 is 0 Å². The van der Waals surface area contributed by atoms with Crippen molar-refractivity contribution in [3.05, 3.63) is 0 Å². The van der Waals surface area contributed by atoms with Crippen LogP contribution in [0.2, 0.25) is 0 Å². The van der Waals surface area contributed by atoms with Crippen LogP contribution in [-0.2, 0) is 4.79 Å². The van der Waals surface area contributed by atoms with E-state index >= 15 is 0 Å². The Kier molecular flexibility index (Phi) is 4.03. The molecule has 0 saturated carbocycles. The van der Waals surface area contributed by atoms with Gasteiger partial charge in [-0.2, -0.15) is 0 Å². The second-order valence-corrected chi connectivity index (χ2v) is 2.66. The van der Waals surface area contributed by atoms with Crippen LogP contribution in [0, 0.1) is 0 Å². The summed E-state index contributed by atoms with van der Waals surface area (Å²) >= 11 is 0. The zero-order valence-corrected chi connectivity index (χ0v) is 6.92. The first-order chi connectivity index (χ1) is 4.57. The smallest absolute Gasteiger partial charge is 0.223 e. The van der Waals surface area contributed by atoms with Crippen molar-refractivity contribution in [3.63, 3.8) is 0 Å². The molecule has 0 aliphatic heterocycles. The van der Waals surface area contributed by atoms with Gasteiger partial charge < -0.3 is 10.6 Å². The van der Waals surface area contributed by atoms with Crippen LogP contribution < -0.4 is 5.73 Å². The quantitative estimate of drug-likeness (QED) is 0.615. The van der Waals surface area contributed by atoms with Crippen molar-refractivity contribution in [2.45, 2.75) is 25.8 Å². The van der Waals surface area contributed by atoms with Gasteiger partial charge in [-0.1, -0.05) is 6.92 Å². The van der Waals surface area contributed by atoms with E-state index in [0.29, 0.717) is 6.42 Å². The molecule has 0 rings (SSSR count). The molecule has 0 aromatic heterocycles. The van der Waals surface area contributed by atoms with E-state index in [1.54, 1.807) is 19.0 Å². The fourth-order valence-corrected chi connectivity index (χ4v) is 0.551. The summed E-state index contributed by atoms with van der Waals surface area (Å²) in [6.07, 6.45) is 1.32. The molecule has 0 fully saturated rings. The molecule has 2 N–H and O–H groups in total. The van der Waals surface area contributed by atoms with Crippen LogP contribution in [0.15, 0.2) is 0 Å². The Morgan fingerprint density at radius 3 is 2.40 bits per heavy atom. The molecule has 0 bridgehead atoms. The van der Waals surface area contributed by atoms with Gasteiger partial charge in [0.2, 0.25) is 5.91 Å². The zero-order chi connectivity index (χ0) is 8.15. The summed E-state index contributed by atoms with van der Waals surface area (Å²) in [5, 5.41) is 0. The molecule has 0 radical (unpaired) electrons. The molecule has 1 atom stereocenters. The average Bonchev–Trinajstić information content (AvgIpc) is 1.87. The highest BCUT2D eigenvalue weighted by Crippen LogP contribution is 1.95. The minimum Gasteiger partial charge on any atom is -0.349 e. The van der Waals surface area contributed by atoms with Crippen LogP contribution in [0.5, 0.6) is 0 Å². The molecule has 0 aliphatic carbocycles. The number of rotatable bonds is 3. The number of nitrogens with zero attached hydrogens (tertiary/aromatic N) is 1. The maximum atomic E-state index is 11.0. The van der Waals surface area contributed by atoms with Gasteiger partial charge >= 0.3 is 0 Å².